The average Bonchev–Trinajstić information content (AvgIpc) is 1.94. The highest BCUT2D eigenvalue weighted by atomic mass is 79.9. The van der Waals surface area contributed by atoms with Crippen LogP contribution in [0.3, 0.4) is 0 Å². The van der Waals surface area contributed by atoms with Crippen LogP contribution in [0.15, 0.2) is 16.7 Å². The minimum atomic E-state index is 0. The van der Waals surface area contributed by atoms with Gasteiger partial charge in [0.2, 0.25) is 0 Å². The minimum Gasteiger partial charge on any atom is -0.383 e. The van der Waals surface area contributed by atoms with Gasteiger partial charge in [-0.2, -0.15) is 0 Å². The van der Waals surface area contributed by atoms with E-state index in [1.54, 1.807) is 12.3 Å². The molecule has 1 heterocycles. The molecule has 0 bridgehead atoms. The van der Waals surface area contributed by atoms with Crippen molar-refractivity contribution >= 4 is 40.4 Å². The smallest absolute Gasteiger partial charge is 0.153 e. The van der Waals surface area contributed by atoms with E-state index in [-0.39, 0.29) is 18.2 Å². The van der Waals surface area contributed by atoms with Crippen molar-refractivity contribution < 1.29 is 4.79 Å². The number of halogens is 2. The van der Waals surface area contributed by atoms with Crippen LogP contribution in [-0.4, -0.2) is 11.3 Å². The summed E-state index contributed by atoms with van der Waals surface area (Å²) in [7, 11) is 0. The molecule has 0 aromatic carbocycles. The number of anilines is 1. The van der Waals surface area contributed by atoms with E-state index in [0.29, 0.717) is 11.8 Å². The van der Waals surface area contributed by atoms with Crippen LogP contribution in [0.2, 0.25) is 0 Å². The Kier molecular flexibility index (Phi) is 4.07. The molecule has 1 aromatic rings. The second-order valence-electron chi connectivity index (χ2n) is 1.75. The number of aldehydes is 1. The molecule has 1 rings (SSSR count). The van der Waals surface area contributed by atoms with Gasteiger partial charge in [0, 0.05) is 10.7 Å². The lowest BCUT2D eigenvalue weighted by molar-refractivity contribution is 0.112. The number of hydrogen-bond donors (Lipinski definition) is 1. The Morgan fingerprint density at radius 2 is 2.27 bits per heavy atom. The van der Waals surface area contributed by atoms with Crippen LogP contribution in [-0.2, 0) is 0 Å². The summed E-state index contributed by atoms with van der Waals surface area (Å²) in [5.74, 6) is 0.262. The highest BCUT2D eigenvalue weighted by Crippen LogP contribution is 2.12. The van der Waals surface area contributed by atoms with Crippen LogP contribution < -0.4 is 5.73 Å². The fourth-order valence-corrected chi connectivity index (χ4v) is 0.909. The number of rotatable bonds is 1. The molecule has 60 valence electrons. The predicted molar refractivity (Wildman–Crippen MR) is 49.0 cm³/mol. The third-order valence-corrected chi connectivity index (χ3v) is 1.48. The minimum absolute atomic E-state index is 0. The first-order valence-electron chi connectivity index (χ1n) is 2.60. The maximum atomic E-state index is 10.2. The number of aromatic nitrogens is 1. The van der Waals surface area contributed by atoms with E-state index in [1.165, 1.54) is 0 Å². The molecule has 0 aliphatic carbocycles. The van der Waals surface area contributed by atoms with Crippen molar-refractivity contribution in [3.63, 3.8) is 0 Å². The third-order valence-electron chi connectivity index (χ3n) is 1.04. The average molecular weight is 237 g/mol. The largest absolute Gasteiger partial charge is 0.383 e. The van der Waals surface area contributed by atoms with Gasteiger partial charge in [-0.05, 0) is 22.0 Å². The zero-order valence-electron chi connectivity index (χ0n) is 5.45. The van der Waals surface area contributed by atoms with Gasteiger partial charge in [0.25, 0.3) is 0 Å². The van der Waals surface area contributed by atoms with Crippen molar-refractivity contribution in [2.24, 2.45) is 0 Å². The molecule has 0 saturated heterocycles. The Hall–Kier alpha value is -0.610. The molecule has 1 aromatic heterocycles. The quantitative estimate of drug-likeness (QED) is 0.756. The van der Waals surface area contributed by atoms with E-state index < -0.39 is 0 Å². The predicted octanol–water partition coefficient (Wildman–Crippen LogP) is 1.66. The molecule has 3 nitrogen and oxygen atoms in total. The molecule has 0 unspecified atom stereocenters. The SMILES string of the molecule is Cl.Nc1ncc(Br)cc1C=O. The lowest BCUT2D eigenvalue weighted by Gasteiger charge is -1.95. The molecule has 0 aliphatic rings. The van der Waals surface area contributed by atoms with E-state index in [1.807, 2.05) is 0 Å². The monoisotopic (exact) mass is 236 g/mol. The summed E-state index contributed by atoms with van der Waals surface area (Å²) >= 11 is 3.16. The van der Waals surface area contributed by atoms with Crippen molar-refractivity contribution in [1.82, 2.24) is 4.98 Å². The molecular weight excluding hydrogens is 231 g/mol. The zero-order chi connectivity index (χ0) is 7.56. The van der Waals surface area contributed by atoms with E-state index in [0.717, 1.165) is 4.47 Å². The van der Waals surface area contributed by atoms with Crippen LogP contribution in [0, 0.1) is 0 Å². The van der Waals surface area contributed by atoms with E-state index in [4.69, 9.17) is 5.73 Å². The van der Waals surface area contributed by atoms with E-state index in [9.17, 15) is 4.79 Å². The molecule has 0 amide bonds. The van der Waals surface area contributed by atoms with Gasteiger partial charge in [-0.3, -0.25) is 4.79 Å². The molecule has 0 radical (unpaired) electrons. The highest BCUT2D eigenvalue weighted by molar-refractivity contribution is 9.10. The lowest BCUT2D eigenvalue weighted by atomic mass is 10.3. The Labute approximate surface area is 78.5 Å². The Morgan fingerprint density at radius 3 is 2.73 bits per heavy atom. The van der Waals surface area contributed by atoms with Gasteiger partial charge in [-0.15, -0.1) is 12.4 Å². The first-order chi connectivity index (χ1) is 4.74. The van der Waals surface area contributed by atoms with Crippen LogP contribution in [0.5, 0.6) is 0 Å². The fraction of sp³-hybridized carbons (Fsp3) is 0. The highest BCUT2D eigenvalue weighted by Gasteiger charge is 1.97. The second kappa shape index (κ2) is 4.31. The number of carbonyl (C=O) groups excluding carboxylic acids is 1. The summed E-state index contributed by atoms with van der Waals surface area (Å²) < 4.78 is 0.754. The van der Waals surface area contributed by atoms with Crippen molar-refractivity contribution in [1.29, 1.82) is 0 Å². The molecular formula is C6H6BrClN2O. The summed E-state index contributed by atoms with van der Waals surface area (Å²) in [5.41, 5.74) is 5.75. The number of carbonyl (C=O) groups is 1. The zero-order valence-corrected chi connectivity index (χ0v) is 7.85. The van der Waals surface area contributed by atoms with Crippen molar-refractivity contribution in [3.05, 3.63) is 22.3 Å². The van der Waals surface area contributed by atoms with Crippen LogP contribution in [0.1, 0.15) is 10.4 Å². The number of nitrogens with zero attached hydrogens (tertiary/aromatic N) is 1. The molecule has 0 saturated carbocycles. The van der Waals surface area contributed by atoms with Crippen LogP contribution in [0.4, 0.5) is 5.82 Å². The molecule has 2 N–H and O–H groups in total. The van der Waals surface area contributed by atoms with Crippen LogP contribution >= 0.6 is 28.3 Å². The molecule has 0 atom stereocenters. The number of nitrogens with two attached hydrogens (primary N) is 1. The van der Waals surface area contributed by atoms with E-state index in [2.05, 4.69) is 20.9 Å². The fourth-order valence-electron chi connectivity index (χ4n) is 0.560. The molecule has 5 heteroatoms. The van der Waals surface area contributed by atoms with E-state index >= 15 is 0 Å². The molecule has 0 spiro atoms. The third kappa shape index (κ3) is 2.48. The Morgan fingerprint density at radius 1 is 1.64 bits per heavy atom. The number of pyridine rings is 1. The van der Waals surface area contributed by atoms with Crippen LogP contribution in [0.25, 0.3) is 0 Å². The topological polar surface area (TPSA) is 56.0 Å². The first-order valence-corrected chi connectivity index (χ1v) is 3.39. The van der Waals surface area contributed by atoms with Gasteiger partial charge < -0.3 is 5.73 Å². The summed E-state index contributed by atoms with van der Waals surface area (Å²) in [6.07, 6.45) is 2.22. The Bertz CT molecular complexity index is 267. The summed E-state index contributed by atoms with van der Waals surface area (Å²) in [6, 6.07) is 1.62. The van der Waals surface area contributed by atoms with Gasteiger partial charge in [-0.25, -0.2) is 4.98 Å². The molecule has 0 fully saturated rings. The standard InChI is InChI=1S/C6H5BrN2O.ClH/c7-5-1-4(3-10)6(8)9-2-5;/h1-3H,(H2,8,9);1H. The van der Waals surface area contributed by atoms with Crippen molar-refractivity contribution in [2.45, 2.75) is 0 Å². The number of hydrogen-bond acceptors (Lipinski definition) is 3. The summed E-state index contributed by atoms with van der Waals surface area (Å²) in [4.78, 5) is 14.0. The molecule has 11 heavy (non-hydrogen) atoms. The Balaban J connectivity index is 0.000001000. The first kappa shape index (κ1) is 10.4. The van der Waals surface area contributed by atoms with Gasteiger partial charge >= 0.3 is 0 Å². The van der Waals surface area contributed by atoms with Crippen molar-refractivity contribution in [2.75, 3.05) is 5.73 Å². The maximum Gasteiger partial charge on any atom is 0.153 e. The van der Waals surface area contributed by atoms with Gasteiger partial charge in [-0.1, -0.05) is 0 Å². The van der Waals surface area contributed by atoms with Crippen molar-refractivity contribution in [3.8, 4) is 0 Å². The van der Waals surface area contributed by atoms with Gasteiger partial charge in [0.1, 0.15) is 5.82 Å². The number of nitrogen functional groups attached to an aromatic ring is 1. The molecule has 0 aliphatic heterocycles. The maximum absolute atomic E-state index is 10.2. The van der Waals surface area contributed by atoms with Gasteiger partial charge in [0.05, 0.1) is 5.56 Å². The summed E-state index contributed by atoms with van der Waals surface area (Å²) in [5, 5.41) is 0. The summed E-state index contributed by atoms with van der Waals surface area (Å²) in [6.45, 7) is 0. The lowest BCUT2D eigenvalue weighted by Crippen LogP contribution is -1.95. The normalized spacial score (nSPS) is 8.45. The second-order valence-corrected chi connectivity index (χ2v) is 2.66. The van der Waals surface area contributed by atoms with Gasteiger partial charge in [0.15, 0.2) is 6.29 Å².